The summed E-state index contributed by atoms with van der Waals surface area (Å²) in [7, 11) is 1.92. The van der Waals surface area contributed by atoms with Gasteiger partial charge in [-0.25, -0.2) is 0 Å². The summed E-state index contributed by atoms with van der Waals surface area (Å²) < 4.78 is 1.81. The minimum atomic E-state index is 0.0848. The van der Waals surface area contributed by atoms with Crippen molar-refractivity contribution in [3.8, 4) is 11.3 Å². The van der Waals surface area contributed by atoms with E-state index in [4.69, 9.17) is 5.11 Å². The van der Waals surface area contributed by atoms with Crippen molar-refractivity contribution in [1.82, 2.24) is 9.78 Å². The van der Waals surface area contributed by atoms with Crippen LogP contribution in [0.3, 0.4) is 0 Å². The molecule has 0 fully saturated rings. The van der Waals surface area contributed by atoms with Gasteiger partial charge in [-0.15, -0.1) is 0 Å². The first kappa shape index (κ1) is 9.93. The van der Waals surface area contributed by atoms with Crippen LogP contribution in [-0.4, -0.2) is 14.9 Å². The van der Waals surface area contributed by atoms with Gasteiger partial charge in [0.2, 0.25) is 0 Å². The fraction of sp³-hybridized carbons (Fsp3) is 0.250. The van der Waals surface area contributed by atoms with Gasteiger partial charge in [0, 0.05) is 18.8 Å². The lowest BCUT2D eigenvalue weighted by Crippen LogP contribution is -1.88. The summed E-state index contributed by atoms with van der Waals surface area (Å²) in [6, 6.07) is 7.81. The highest BCUT2D eigenvalue weighted by Gasteiger charge is 2.05. The van der Waals surface area contributed by atoms with Crippen LogP contribution >= 0.6 is 0 Å². The Balaban J connectivity index is 2.41. The van der Waals surface area contributed by atoms with E-state index in [0.29, 0.717) is 0 Å². The zero-order chi connectivity index (χ0) is 10.8. The average Bonchev–Trinajstić information content (AvgIpc) is 2.58. The van der Waals surface area contributed by atoms with E-state index in [2.05, 4.69) is 5.10 Å². The predicted molar refractivity (Wildman–Crippen MR) is 59.3 cm³/mol. The smallest absolute Gasteiger partial charge is 0.0952 e. The number of aliphatic hydroxyl groups excluding tert-OH is 1. The molecule has 0 aliphatic heterocycles. The molecular weight excluding hydrogens is 188 g/mol. The molecule has 0 aliphatic carbocycles. The van der Waals surface area contributed by atoms with Gasteiger partial charge in [0.1, 0.15) is 0 Å². The second-order valence-corrected chi connectivity index (χ2v) is 3.69. The second-order valence-electron chi connectivity index (χ2n) is 3.69. The Labute approximate surface area is 89.0 Å². The van der Waals surface area contributed by atoms with Crippen LogP contribution in [0.1, 0.15) is 11.1 Å². The van der Waals surface area contributed by atoms with Gasteiger partial charge in [-0.3, -0.25) is 4.68 Å². The molecule has 0 radical (unpaired) electrons. The summed E-state index contributed by atoms with van der Waals surface area (Å²) >= 11 is 0. The van der Waals surface area contributed by atoms with Gasteiger partial charge >= 0.3 is 0 Å². The highest BCUT2D eigenvalue weighted by Crippen LogP contribution is 2.21. The minimum Gasteiger partial charge on any atom is -0.392 e. The summed E-state index contributed by atoms with van der Waals surface area (Å²) in [5.74, 6) is 0. The van der Waals surface area contributed by atoms with Crippen molar-refractivity contribution in [2.75, 3.05) is 0 Å². The maximum absolute atomic E-state index is 8.94. The number of hydrogen-bond acceptors (Lipinski definition) is 2. The summed E-state index contributed by atoms with van der Waals surface area (Å²) in [5.41, 5.74) is 4.17. The number of aliphatic hydroxyl groups is 1. The summed E-state index contributed by atoms with van der Waals surface area (Å²) in [4.78, 5) is 0. The Morgan fingerprint density at radius 2 is 1.93 bits per heavy atom. The number of aryl methyl sites for hydroxylation is 2. The molecule has 0 saturated carbocycles. The second kappa shape index (κ2) is 3.87. The molecule has 3 nitrogen and oxygen atoms in total. The molecule has 0 bridgehead atoms. The fourth-order valence-electron chi connectivity index (χ4n) is 1.66. The molecular formula is C12H14N2O. The van der Waals surface area contributed by atoms with Crippen LogP contribution in [0.5, 0.6) is 0 Å². The molecule has 1 N–H and O–H groups in total. The summed E-state index contributed by atoms with van der Waals surface area (Å²) in [6.45, 7) is 2.13. The number of benzene rings is 1. The van der Waals surface area contributed by atoms with Gasteiger partial charge in [0.25, 0.3) is 0 Å². The zero-order valence-electron chi connectivity index (χ0n) is 8.94. The van der Waals surface area contributed by atoms with Gasteiger partial charge in [0.05, 0.1) is 12.3 Å². The van der Waals surface area contributed by atoms with Crippen LogP contribution in [-0.2, 0) is 13.7 Å². The van der Waals surface area contributed by atoms with Crippen molar-refractivity contribution < 1.29 is 5.11 Å². The lowest BCUT2D eigenvalue weighted by Gasteiger charge is -2.00. The quantitative estimate of drug-likeness (QED) is 0.807. The number of aromatic nitrogens is 2. The van der Waals surface area contributed by atoms with Crippen LogP contribution in [0.25, 0.3) is 11.3 Å². The fourth-order valence-corrected chi connectivity index (χ4v) is 1.66. The van der Waals surface area contributed by atoms with E-state index in [1.54, 1.807) is 0 Å². The normalized spacial score (nSPS) is 10.6. The Bertz CT molecular complexity index is 457. The average molecular weight is 202 g/mol. The Morgan fingerprint density at radius 1 is 1.27 bits per heavy atom. The summed E-state index contributed by atoms with van der Waals surface area (Å²) in [6.07, 6.45) is 2.00. The molecule has 0 saturated heterocycles. The van der Waals surface area contributed by atoms with E-state index in [-0.39, 0.29) is 6.61 Å². The molecule has 0 amide bonds. The van der Waals surface area contributed by atoms with Gasteiger partial charge in [0.15, 0.2) is 0 Å². The van der Waals surface area contributed by atoms with Gasteiger partial charge in [-0.2, -0.15) is 5.10 Å². The standard InChI is InChI=1S/C12H14N2O/c1-9-7-14(2)13-12(9)11-5-3-10(8-15)4-6-11/h3-7,15H,8H2,1-2H3. The minimum absolute atomic E-state index is 0.0848. The van der Waals surface area contributed by atoms with E-state index in [1.165, 1.54) is 0 Å². The molecule has 15 heavy (non-hydrogen) atoms. The van der Waals surface area contributed by atoms with Gasteiger partial charge < -0.3 is 5.11 Å². The predicted octanol–water partition coefficient (Wildman–Crippen LogP) is 1.89. The number of rotatable bonds is 2. The highest BCUT2D eigenvalue weighted by atomic mass is 16.3. The molecule has 1 heterocycles. The summed E-state index contributed by atoms with van der Waals surface area (Å²) in [5, 5.41) is 13.3. The molecule has 0 atom stereocenters. The molecule has 0 unspecified atom stereocenters. The van der Waals surface area contributed by atoms with Crippen molar-refractivity contribution in [2.24, 2.45) is 7.05 Å². The maximum atomic E-state index is 8.94. The van der Waals surface area contributed by atoms with Crippen LogP contribution in [0.15, 0.2) is 30.5 Å². The highest BCUT2D eigenvalue weighted by molar-refractivity contribution is 5.62. The van der Waals surface area contributed by atoms with Gasteiger partial charge in [-0.05, 0) is 18.1 Å². The first-order valence-corrected chi connectivity index (χ1v) is 4.91. The Kier molecular flexibility index (Phi) is 2.56. The SMILES string of the molecule is Cc1cn(C)nc1-c1ccc(CO)cc1. The van der Waals surface area contributed by atoms with Gasteiger partial charge in [-0.1, -0.05) is 24.3 Å². The third-order valence-corrected chi connectivity index (χ3v) is 2.42. The lowest BCUT2D eigenvalue weighted by atomic mass is 10.1. The van der Waals surface area contributed by atoms with E-state index in [9.17, 15) is 0 Å². The molecule has 0 spiro atoms. The third-order valence-electron chi connectivity index (χ3n) is 2.42. The van der Waals surface area contributed by atoms with Crippen molar-refractivity contribution >= 4 is 0 Å². The molecule has 0 aliphatic rings. The first-order valence-electron chi connectivity index (χ1n) is 4.91. The van der Waals surface area contributed by atoms with E-state index >= 15 is 0 Å². The molecule has 2 rings (SSSR count). The monoisotopic (exact) mass is 202 g/mol. The number of nitrogens with zero attached hydrogens (tertiary/aromatic N) is 2. The van der Waals surface area contributed by atoms with E-state index in [0.717, 1.165) is 22.4 Å². The Hall–Kier alpha value is -1.61. The molecule has 78 valence electrons. The third kappa shape index (κ3) is 1.92. The van der Waals surface area contributed by atoms with Crippen LogP contribution < -0.4 is 0 Å². The van der Waals surface area contributed by atoms with E-state index in [1.807, 2.05) is 49.1 Å². The largest absolute Gasteiger partial charge is 0.392 e. The molecule has 1 aromatic carbocycles. The van der Waals surface area contributed by atoms with Crippen LogP contribution in [0.4, 0.5) is 0 Å². The van der Waals surface area contributed by atoms with Crippen molar-refractivity contribution in [3.05, 3.63) is 41.6 Å². The molecule has 2 aromatic rings. The van der Waals surface area contributed by atoms with E-state index < -0.39 is 0 Å². The molecule has 3 heteroatoms. The molecule has 1 aromatic heterocycles. The van der Waals surface area contributed by atoms with Crippen molar-refractivity contribution in [1.29, 1.82) is 0 Å². The van der Waals surface area contributed by atoms with Crippen molar-refractivity contribution in [2.45, 2.75) is 13.5 Å². The van der Waals surface area contributed by atoms with Crippen LogP contribution in [0, 0.1) is 6.92 Å². The Morgan fingerprint density at radius 3 is 2.40 bits per heavy atom. The van der Waals surface area contributed by atoms with Crippen LogP contribution in [0.2, 0.25) is 0 Å². The number of hydrogen-bond donors (Lipinski definition) is 1. The first-order chi connectivity index (χ1) is 7.20. The lowest BCUT2D eigenvalue weighted by molar-refractivity contribution is 0.282. The maximum Gasteiger partial charge on any atom is 0.0952 e. The van der Waals surface area contributed by atoms with Crippen molar-refractivity contribution in [3.63, 3.8) is 0 Å². The topological polar surface area (TPSA) is 38.0 Å². The zero-order valence-corrected chi connectivity index (χ0v) is 8.94.